The number of nitrogens with one attached hydrogen (secondary N) is 1. The van der Waals surface area contributed by atoms with Crippen molar-refractivity contribution >= 4 is 17.5 Å². The Kier molecular flexibility index (Phi) is 4.10. The van der Waals surface area contributed by atoms with Gasteiger partial charge in [0, 0.05) is 17.0 Å². The van der Waals surface area contributed by atoms with E-state index in [1.54, 1.807) is 0 Å². The Bertz CT molecular complexity index is 305. The topological polar surface area (TPSA) is 55.1 Å². The van der Waals surface area contributed by atoms with Gasteiger partial charge in [0.05, 0.1) is 6.54 Å². The number of halogens is 1. The lowest BCUT2D eigenvalue weighted by Crippen LogP contribution is -2.49. The average Bonchev–Trinajstić information content (AvgIpc) is 2.25. The molecule has 2 unspecified atom stereocenters. The number of fused-ring (bicyclic) bond motifs is 2. The quantitative estimate of drug-likeness (QED) is 0.812. The molecular weight excluding hydrogens is 236 g/mol. The van der Waals surface area contributed by atoms with Crippen LogP contribution in [0.1, 0.15) is 32.1 Å². The van der Waals surface area contributed by atoms with Crippen molar-refractivity contribution in [1.29, 1.82) is 0 Å². The molecule has 0 aromatic carbocycles. The predicted molar refractivity (Wildman–Crippen MR) is 69.5 cm³/mol. The smallest absolute Gasteiger partial charge is 0.223 e. The lowest BCUT2D eigenvalue weighted by molar-refractivity contribution is -0.127. The summed E-state index contributed by atoms with van der Waals surface area (Å²) >= 11 is 5.65. The fourth-order valence-electron chi connectivity index (χ4n) is 3.33. The van der Waals surface area contributed by atoms with Gasteiger partial charge in [0.2, 0.25) is 5.91 Å². The summed E-state index contributed by atoms with van der Waals surface area (Å²) in [6.07, 6.45) is 5.53. The van der Waals surface area contributed by atoms with Gasteiger partial charge in [-0.05, 0) is 37.5 Å². The summed E-state index contributed by atoms with van der Waals surface area (Å²) < 4.78 is 0. The van der Waals surface area contributed by atoms with Crippen molar-refractivity contribution in [2.45, 2.75) is 38.1 Å². The van der Waals surface area contributed by atoms with Gasteiger partial charge in [0.1, 0.15) is 0 Å². The van der Waals surface area contributed by atoms with Crippen LogP contribution in [-0.4, -0.2) is 18.5 Å². The zero-order valence-corrected chi connectivity index (χ0v) is 10.9. The molecule has 2 aliphatic carbocycles. The van der Waals surface area contributed by atoms with Crippen LogP contribution >= 0.6 is 11.6 Å². The largest absolute Gasteiger partial charge is 0.351 e. The maximum absolute atomic E-state index is 12.0. The van der Waals surface area contributed by atoms with E-state index < -0.39 is 0 Å². The molecule has 0 spiro atoms. The van der Waals surface area contributed by atoms with Crippen LogP contribution in [0.2, 0.25) is 0 Å². The summed E-state index contributed by atoms with van der Waals surface area (Å²) in [7, 11) is 0. The molecule has 2 fully saturated rings. The third kappa shape index (κ3) is 3.02. The lowest BCUT2D eigenvalue weighted by Gasteiger charge is -2.43. The molecule has 0 saturated heterocycles. The SMILES string of the molecule is C=C(Cl)CNC(=O)C1CC2CCCC(C1)C2N. The zero-order chi connectivity index (χ0) is 12.4. The normalized spacial score (nSPS) is 36.4. The Balaban J connectivity index is 1.90. The maximum Gasteiger partial charge on any atom is 0.223 e. The van der Waals surface area contributed by atoms with Crippen LogP contribution in [0.15, 0.2) is 11.6 Å². The fourth-order valence-corrected chi connectivity index (χ4v) is 3.40. The van der Waals surface area contributed by atoms with Crippen LogP contribution in [0.25, 0.3) is 0 Å². The second kappa shape index (κ2) is 5.40. The van der Waals surface area contributed by atoms with Gasteiger partial charge in [-0.25, -0.2) is 0 Å². The highest BCUT2D eigenvalue weighted by Gasteiger charge is 2.40. The van der Waals surface area contributed by atoms with Crippen molar-refractivity contribution in [3.8, 4) is 0 Å². The van der Waals surface area contributed by atoms with Gasteiger partial charge < -0.3 is 11.1 Å². The molecule has 3 N–H and O–H groups in total. The molecule has 2 aliphatic rings. The van der Waals surface area contributed by atoms with Crippen LogP contribution in [0.5, 0.6) is 0 Å². The first kappa shape index (κ1) is 12.9. The number of rotatable bonds is 3. The van der Waals surface area contributed by atoms with Gasteiger partial charge in [-0.3, -0.25) is 4.79 Å². The molecule has 4 heteroatoms. The standard InChI is InChI=1S/C13H21ClN2O/c1-8(14)7-16-13(17)11-5-9-3-2-4-10(6-11)12(9)15/h9-12H,1-7,15H2,(H,16,17). The molecule has 2 bridgehead atoms. The minimum atomic E-state index is 0.121. The Morgan fingerprint density at radius 1 is 1.35 bits per heavy atom. The fraction of sp³-hybridized carbons (Fsp3) is 0.769. The molecule has 96 valence electrons. The number of carbonyl (C=O) groups is 1. The van der Waals surface area contributed by atoms with Gasteiger partial charge in [-0.15, -0.1) is 0 Å². The number of hydrogen-bond donors (Lipinski definition) is 2. The molecule has 0 aromatic rings. The van der Waals surface area contributed by atoms with Crippen LogP contribution in [0.4, 0.5) is 0 Å². The molecule has 0 heterocycles. The Hall–Kier alpha value is -0.540. The first-order valence-electron chi connectivity index (χ1n) is 6.44. The summed E-state index contributed by atoms with van der Waals surface area (Å²) in [6, 6.07) is 0.316. The summed E-state index contributed by atoms with van der Waals surface area (Å²) in [4.78, 5) is 12.0. The van der Waals surface area contributed by atoms with E-state index in [-0.39, 0.29) is 11.8 Å². The number of amides is 1. The highest BCUT2D eigenvalue weighted by Crippen LogP contribution is 2.41. The van der Waals surface area contributed by atoms with Crippen molar-refractivity contribution in [2.24, 2.45) is 23.5 Å². The first-order valence-corrected chi connectivity index (χ1v) is 6.82. The van der Waals surface area contributed by atoms with E-state index in [0.717, 1.165) is 12.8 Å². The van der Waals surface area contributed by atoms with Crippen molar-refractivity contribution < 1.29 is 4.79 Å². The zero-order valence-electron chi connectivity index (χ0n) is 10.1. The van der Waals surface area contributed by atoms with E-state index >= 15 is 0 Å². The summed E-state index contributed by atoms with van der Waals surface area (Å²) in [5.74, 6) is 1.33. The Morgan fingerprint density at radius 2 is 1.94 bits per heavy atom. The van der Waals surface area contributed by atoms with E-state index in [2.05, 4.69) is 11.9 Å². The highest BCUT2D eigenvalue weighted by molar-refractivity contribution is 6.29. The van der Waals surface area contributed by atoms with Gasteiger partial charge in [0.15, 0.2) is 0 Å². The van der Waals surface area contributed by atoms with Crippen molar-refractivity contribution in [1.82, 2.24) is 5.32 Å². The van der Waals surface area contributed by atoms with Gasteiger partial charge in [0.25, 0.3) is 0 Å². The van der Waals surface area contributed by atoms with Crippen molar-refractivity contribution in [2.75, 3.05) is 6.54 Å². The van der Waals surface area contributed by atoms with E-state index in [1.165, 1.54) is 19.3 Å². The second-order valence-electron chi connectivity index (χ2n) is 5.43. The lowest BCUT2D eigenvalue weighted by atomic mass is 9.65. The van der Waals surface area contributed by atoms with Gasteiger partial charge in [-0.2, -0.15) is 0 Å². The Morgan fingerprint density at radius 3 is 2.47 bits per heavy atom. The number of hydrogen-bond acceptors (Lipinski definition) is 2. The monoisotopic (exact) mass is 256 g/mol. The van der Waals surface area contributed by atoms with Crippen LogP contribution < -0.4 is 11.1 Å². The van der Waals surface area contributed by atoms with E-state index in [1.807, 2.05) is 0 Å². The van der Waals surface area contributed by atoms with Crippen LogP contribution in [0, 0.1) is 17.8 Å². The molecule has 0 aliphatic heterocycles. The minimum Gasteiger partial charge on any atom is -0.351 e. The summed E-state index contributed by atoms with van der Waals surface area (Å²) in [5, 5.41) is 3.32. The highest BCUT2D eigenvalue weighted by atomic mass is 35.5. The number of carbonyl (C=O) groups excluding carboxylic acids is 1. The van der Waals surface area contributed by atoms with E-state index in [4.69, 9.17) is 17.3 Å². The van der Waals surface area contributed by atoms with Crippen molar-refractivity contribution in [3.63, 3.8) is 0 Å². The average molecular weight is 257 g/mol. The molecule has 0 aromatic heterocycles. The molecule has 3 nitrogen and oxygen atoms in total. The van der Waals surface area contributed by atoms with Gasteiger partial charge in [-0.1, -0.05) is 24.6 Å². The molecule has 17 heavy (non-hydrogen) atoms. The summed E-state index contributed by atoms with van der Waals surface area (Å²) in [5.41, 5.74) is 6.20. The summed E-state index contributed by atoms with van der Waals surface area (Å²) in [6.45, 7) is 3.95. The molecule has 2 rings (SSSR count). The van der Waals surface area contributed by atoms with Crippen molar-refractivity contribution in [3.05, 3.63) is 11.6 Å². The molecule has 2 saturated carbocycles. The van der Waals surface area contributed by atoms with E-state index in [9.17, 15) is 4.79 Å². The third-order valence-electron chi connectivity index (χ3n) is 4.24. The van der Waals surface area contributed by atoms with Gasteiger partial charge >= 0.3 is 0 Å². The van der Waals surface area contributed by atoms with Crippen LogP contribution in [-0.2, 0) is 4.79 Å². The van der Waals surface area contributed by atoms with Crippen LogP contribution in [0.3, 0.4) is 0 Å². The van der Waals surface area contributed by atoms with E-state index in [0.29, 0.717) is 29.5 Å². The Labute approximate surface area is 108 Å². The molecule has 1 amide bonds. The predicted octanol–water partition coefficient (Wildman–Crippen LogP) is 2.01. The molecule has 2 atom stereocenters. The first-order chi connectivity index (χ1) is 8.08. The molecule has 0 radical (unpaired) electrons. The molecular formula is C13H21ClN2O. The second-order valence-corrected chi connectivity index (χ2v) is 5.97. The number of nitrogens with two attached hydrogens (primary N) is 1. The third-order valence-corrected chi connectivity index (χ3v) is 4.37. The maximum atomic E-state index is 12.0. The minimum absolute atomic E-state index is 0.121.